The number of aromatic nitrogens is 2. The predicted octanol–water partition coefficient (Wildman–Crippen LogP) is 3.07. The van der Waals surface area contributed by atoms with Crippen LogP contribution in [-0.2, 0) is 18.4 Å². The summed E-state index contributed by atoms with van der Waals surface area (Å²) in [4.78, 5) is 13.7. The summed E-state index contributed by atoms with van der Waals surface area (Å²) >= 11 is 3.44. The summed E-state index contributed by atoms with van der Waals surface area (Å²) in [7, 11) is 1.93. The fourth-order valence-electron chi connectivity index (χ4n) is 2.98. The Balaban J connectivity index is 1.94. The molecule has 22 heavy (non-hydrogen) atoms. The predicted molar refractivity (Wildman–Crippen MR) is 88.1 cm³/mol. The number of benzene rings is 1. The van der Waals surface area contributed by atoms with Crippen LogP contribution in [-0.4, -0.2) is 27.4 Å². The highest BCUT2D eigenvalue weighted by atomic mass is 79.9. The van der Waals surface area contributed by atoms with E-state index in [0.717, 1.165) is 33.7 Å². The average Bonchev–Trinajstić information content (AvgIpc) is 2.76. The standard InChI is InChI=1S/C16H18BrN3O2/c1-10-7-12(18-19(10)2)9-20-6-5-13(16(21)22)14-8-11(17)3-4-15(14)20/h3-4,7-8,13H,5-6,9H2,1-2H3,(H,21,22). The van der Waals surface area contributed by atoms with Gasteiger partial charge in [-0.1, -0.05) is 15.9 Å². The number of carboxylic acid groups (broad SMARTS) is 1. The number of nitrogens with zero attached hydrogens (tertiary/aromatic N) is 3. The van der Waals surface area contributed by atoms with E-state index in [9.17, 15) is 9.90 Å². The molecule has 2 heterocycles. The molecule has 0 saturated carbocycles. The Hall–Kier alpha value is -1.82. The molecule has 116 valence electrons. The molecule has 0 amide bonds. The van der Waals surface area contributed by atoms with Crippen LogP contribution >= 0.6 is 15.9 Å². The monoisotopic (exact) mass is 363 g/mol. The summed E-state index contributed by atoms with van der Waals surface area (Å²) < 4.78 is 2.77. The minimum atomic E-state index is -0.757. The Morgan fingerprint density at radius 3 is 2.86 bits per heavy atom. The summed E-state index contributed by atoms with van der Waals surface area (Å²) in [6.07, 6.45) is 0.616. The van der Waals surface area contributed by atoms with Crippen molar-refractivity contribution in [2.45, 2.75) is 25.8 Å². The van der Waals surface area contributed by atoms with Gasteiger partial charge in [0.2, 0.25) is 0 Å². The molecule has 0 spiro atoms. The van der Waals surface area contributed by atoms with E-state index in [1.54, 1.807) is 0 Å². The lowest BCUT2D eigenvalue weighted by Crippen LogP contribution is -2.33. The third-order valence-corrected chi connectivity index (χ3v) is 4.70. The second-order valence-corrected chi connectivity index (χ2v) is 6.62. The molecular weight excluding hydrogens is 346 g/mol. The van der Waals surface area contributed by atoms with Gasteiger partial charge in [0.05, 0.1) is 18.2 Å². The maximum Gasteiger partial charge on any atom is 0.311 e. The van der Waals surface area contributed by atoms with Crippen molar-refractivity contribution >= 4 is 27.6 Å². The second kappa shape index (κ2) is 5.76. The summed E-state index contributed by atoms with van der Waals surface area (Å²) in [5, 5.41) is 13.9. The van der Waals surface area contributed by atoms with E-state index in [1.165, 1.54) is 0 Å². The van der Waals surface area contributed by atoms with Gasteiger partial charge in [0.1, 0.15) is 0 Å². The molecule has 0 aliphatic carbocycles. The molecule has 5 nitrogen and oxygen atoms in total. The van der Waals surface area contributed by atoms with Gasteiger partial charge < -0.3 is 10.0 Å². The van der Waals surface area contributed by atoms with E-state index in [2.05, 4.69) is 32.0 Å². The first-order chi connectivity index (χ1) is 10.5. The average molecular weight is 364 g/mol. The van der Waals surface area contributed by atoms with E-state index in [4.69, 9.17) is 0 Å². The zero-order valence-electron chi connectivity index (χ0n) is 12.6. The molecule has 1 aromatic heterocycles. The molecule has 1 unspecified atom stereocenters. The summed E-state index contributed by atoms with van der Waals surface area (Å²) in [6.45, 7) is 3.45. The Labute approximate surface area is 137 Å². The van der Waals surface area contributed by atoms with Crippen LogP contribution in [0.3, 0.4) is 0 Å². The largest absolute Gasteiger partial charge is 0.481 e. The van der Waals surface area contributed by atoms with Crippen LogP contribution in [0.25, 0.3) is 0 Å². The zero-order chi connectivity index (χ0) is 15.9. The third-order valence-electron chi connectivity index (χ3n) is 4.21. The van der Waals surface area contributed by atoms with Gasteiger partial charge in [-0.15, -0.1) is 0 Å². The van der Waals surface area contributed by atoms with Gasteiger partial charge in [-0.3, -0.25) is 9.48 Å². The number of aryl methyl sites for hydroxylation is 2. The van der Waals surface area contributed by atoms with Crippen molar-refractivity contribution in [2.24, 2.45) is 7.05 Å². The van der Waals surface area contributed by atoms with E-state index >= 15 is 0 Å². The van der Waals surface area contributed by atoms with Gasteiger partial charge in [-0.25, -0.2) is 0 Å². The lowest BCUT2D eigenvalue weighted by atomic mass is 9.90. The normalized spacial score (nSPS) is 17.4. The molecule has 2 aromatic rings. The van der Waals surface area contributed by atoms with E-state index in [-0.39, 0.29) is 0 Å². The molecule has 0 saturated heterocycles. The minimum Gasteiger partial charge on any atom is -0.481 e. The minimum absolute atomic E-state index is 0.436. The van der Waals surface area contributed by atoms with Crippen molar-refractivity contribution in [3.8, 4) is 0 Å². The Morgan fingerprint density at radius 2 is 2.23 bits per heavy atom. The number of halogens is 1. The fraction of sp³-hybridized carbons (Fsp3) is 0.375. The number of hydrogen-bond donors (Lipinski definition) is 1. The highest BCUT2D eigenvalue weighted by molar-refractivity contribution is 9.10. The molecule has 0 radical (unpaired) electrons. The number of hydrogen-bond acceptors (Lipinski definition) is 3. The molecule has 0 fully saturated rings. The number of carboxylic acids is 1. The molecule has 1 N–H and O–H groups in total. The lowest BCUT2D eigenvalue weighted by molar-refractivity contribution is -0.139. The van der Waals surface area contributed by atoms with Crippen LogP contribution in [0.4, 0.5) is 5.69 Å². The van der Waals surface area contributed by atoms with Gasteiger partial charge in [0, 0.05) is 29.4 Å². The first kappa shape index (κ1) is 15.1. The maximum absolute atomic E-state index is 11.5. The van der Waals surface area contributed by atoms with Crippen LogP contribution in [0.5, 0.6) is 0 Å². The van der Waals surface area contributed by atoms with E-state index < -0.39 is 11.9 Å². The molecule has 1 aliphatic heterocycles. The molecule has 1 atom stereocenters. The molecule has 1 aromatic carbocycles. The SMILES string of the molecule is Cc1cc(CN2CCC(C(=O)O)c3cc(Br)ccc32)nn1C. The van der Waals surface area contributed by atoms with Gasteiger partial charge in [0.25, 0.3) is 0 Å². The van der Waals surface area contributed by atoms with E-state index in [1.807, 2.05) is 36.9 Å². The molecule has 1 aliphatic rings. The van der Waals surface area contributed by atoms with Crippen molar-refractivity contribution in [3.63, 3.8) is 0 Å². The first-order valence-electron chi connectivity index (χ1n) is 7.22. The number of rotatable bonds is 3. The molecule has 6 heteroatoms. The maximum atomic E-state index is 11.5. The number of carbonyl (C=O) groups is 1. The Bertz CT molecular complexity index is 707. The van der Waals surface area contributed by atoms with E-state index in [0.29, 0.717) is 13.0 Å². The highest BCUT2D eigenvalue weighted by Crippen LogP contribution is 2.37. The lowest BCUT2D eigenvalue weighted by Gasteiger charge is -2.34. The van der Waals surface area contributed by atoms with Crippen LogP contribution in [0.2, 0.25) is 0 Å². The van der Waals surface area contributed by atoms with Gasteiger partial charge >= 0.3 is 5.97 Å². The number of aliphatic carboxylic acids is 1. The second-order valence-electron chi connectivity index (χ2n) is 5.70. The number of anilines is 1. The highest BCUT2D eigenvalue weighted by Gasteiger charge is 2.30. The quantitative estimate of drug-likeness (QED) is 0.910. The topological polar surface area (TPSA) is 58.4 Å². The van der Waals surface area contributed by atoms with Crippen molar-refractivity contribution in [3.05, 3.63) is 45.7 Å². The number of fused-ring (bicyclic) bond motifs is 1. The zero-order valence-corrected chi connectivity index (χ0v) is 14.2. The van der Waals surface area contributed by atoms with Crippen molar-refractivity contribution in [1.82, 2.24) is 9.78 Å². The first-order valence-corrected chi connectivity index (χ1v) is 8.01. The third kappa shape index (κ3) is 2.75. The van der Waals surface area contributed by atoms with Crippen LogP contribution in [0.1, 0.15) is 29.3 Å². The van der Waals surface area contributed by atoms with Crippen molar-refractivity contribution < 1.29 is 9.90 Å². The van der Waals surface area contributed by atoms with Crippen molar-refractivity contribution in [1.29, 1.82) is 0 Å². The Kier molecular flexibility index (Phi) is 3.95. The van der Waals surface area contributed by atoms with Crippen LogP contribution in [0, 0.1) is 6.92 Å². The Morgan fingerprint density at radius 1 is 1.45 bits per heavy atom. The summed E-state index contributed by atoms with van der Waals surface area (Å²) in [5.41, 5.74) is 3.99. The molecule has 3 rings (SSSR count). The molecular formula is C16H18BrN3O2. The fourth-order valence-corrected chi connectivity index (χ4v) is 3.36. The van der Waals surface area contributed by atoms with Gasteiger partial charge in [-0.2, -0.15) is 5.10 Å². The molecule has 0 bridgehead atoms. The van der Waals surface area contributed by atoms with Gasteiger partial charge in [-0.05, 0) is 43.2 Å². The smallest absolute Gasteiger partial charge is 0.311 e. The van der Waals surface area contributed by atoms with Crippen molar-refractivity contribution in [2.75, 3.05) is 11.4 Å². The van der Waals surface area contributed by atoms with Crippen LogP contribution < -0.4 is 4.90 Å². The van der Waals surface area contributed by atoms with Crippen LogP contribution in [0.15, 0.2) is 28.7 Å². The summed E-state index contributed by atoms with van der Waals surface area (Å²) in [6, 6.07) is 7.94. The van der Waals surface area contributed by atoms with Gasteiger partial charge in [0.15, 0.2) is 0 Å². The summed E-state index contributed by atoms with van der Waals surface area (Å²) in [5.74, 6) is -1.19.